The summed E-state index contributed by atoms with van der Waals surface area (Å²) in [6, 6.07) is 0. The zero-order valence-electron chi connectivity index (χ0n) is 8.64. The molecule has 0 unspecified atom stereocenters. The van der Waals surface area contributed by atoms with Crippen molar-refractivity contribution in [3.8, 4) is 0 Å². The van der Waals surface area contributed by atoms with E-state index >= 15 is 0 Å². The number of nitrogens with one attached hydrogen (secondary N) is 1. The van der Waals surface area contributed by atoms with Crippen molar-refractivity contribution in [2.45, 2.75) is 37.7 Å². The van der Waals surface area contributed by atoms with Crippen molar-refractivity contribution in [1.82, 2.24) is 5.32 Å². The first-order valence-corrected chi connectivity index (χ1v) is 5.00. The fourth-order valence-corrected chi connectivity index (χ4v) is 1.85. The van der Waals surface area contributed by atoms with Crippen molar-refractivity contribution < 1.29 is 9.53 Å². The van der Waals surface area contributed by atoms with Gasteiger partial charge in [-0.25, -0.2) is 4.79 Å². The number of ether oxygens (including phenoxy) is 1. The van der Waals surface area contributed by atoms with Crippen LogP contribution in [0.4, 0.5) is 4.79 Å². The predicted molar refractivity (Wildman–Crippen MR) is 55.1 cm³/mol. The van der Waals surface area contributed by atoms with Gasteiger partial charge in [0.2, 0.25) is 0 Å². The first kappa shape index (κ1) is 10.9. The summed E-state index contributed by atoms with van der Waals surface area (Å²) < 4.78 is 5.36. The summed E-state index contributed by atoms with van der Waals surface area (Å²) in [7, 11) is 1.57. The summed E-state index contributed by atoms with van der Waals surface area (Å²) in [5, 5.41) is 2.47. The van der Waals surface area contributed by atoms with Crippen LogP contribution in [0.25, 0.3) is 0 Å². The summed E-state index contributed by atoms with van der Waals surface area (Å²) >= 11 is 0. The van der Waals surface area contributed by atoms with Crippen molar-refractivity contribution >= 4 is 6.09 Å². The Morgan fingerprint density at radius 3 is 2.64 bits per heavy atom. The van der Waals surface area contributed by atoms with Crippen LogP contribution >= 0.6 is 0 Å². The molecule has 1 aliphatic rings. The van der Waals surface area contributed by atoms with E-state index in [4.69, 9.17) is 4.74 Å². The maximum atomic E-state index is 11.2. The van der Waals surface area contributed by atoms with E-state index in [0.717, 1.165) is 25.7 Å². The van der Waals surface area contributed by atoms with Gasteiger partial charge in [0.25, 0.3) is 0 Å². The van der Waals surface area contributed by atoms with Gasteiger partial charge in [-0.05, 0) is 25.7 Å². The van der Waals surface area contributed by atoms with Gasteiger partial charge in [-0.1, -0.05) is 13.0 Å². The minimum Gasteiger partial charge on any atom is -0.438 e. The van der Waals surface area contributed by atoms with Crippen molar-refractivity contribution in [3.05, 3.63) is 18.4 Å². The Bertz CT molecular complexity index is 248. The number of rotatable bonds is 2. The van der Waals surface area contributed by atoms with E-state index < -0.39 is 5.60 Å². The average Bonchev–Trinajstić information content (AvgIpc) is 2.19. The molecule has 3 heteroatoms. The molecule has 3 nitrogen and oxygen atoms in total. The fourth-order valence-electron chi connectivity index (χ4n) is 1.85. The van der Waals surface area contributed by atoms with E-state index in [1.807, 2.05) is 0 Å². The highest BCUT2D eigenvalue weighted by atomic mass is 16.6. The van der Waals surface area contributed by atoms with Gasteiger partial charge in [-0.3, -0.25) is 0 Å². The SMILES string of the molecule is C=C=CC1(OC(=O)NC)CCCCC1. The predicted octanol–water partition coefficient (Wildman–Crippen LogP) is 2.39. The second-order valence-corrected chi connectivity index (χ2v) is 3.61. The van der Waals surface area contributed by atoms with Crippen molar-refractivity contribution in [2.75, 3.05) is 7.05 Å². The molecular weight excluding hydrogens is 178 g/mol. The smallest absolute Gasteiger partial charge is 0.407 e. The molecule has 78 valence electrons. The van der Waals surface area contributed by atoms with E-state index in [-0.39, 0.29) is 6.09 Å². The van der Waals surface area contributed by atoms with E-state index in [0.29, 0.717) is 0 Å². The first-order valence-electron chi connectivity index (χ1n) is 5.00. The monoisotopic (exact) mass is 195 g/mol. The minimum atomic E-state index is -0.458. The zero-order chi connectivity index (χ0) is 10.4. The van der Waals surface area contributed by atoms with Gasteiger partial charge in [0.15, 0.2) is 0 Å². The molecule has 1 N–H and O–H groups in total. The normalized spacial score (nSPS) is 19.2. The van der Waals surface area contributed by atoms with Crippen molar-refractivity contribution in [1.29, 1.82) is 0 Å². The molecule has 0 aromatic rings. The van der Waals surface area contributed by atoms with E-state index in [1.54, 1.807) is 13.1 Å². The molecule has 0 saturated heterocycles. The topological polar surface area (TPSA) is 38.3 Å². The second-order valence-electron chi connectivity index (χ2n) is 3.61. The van der Waals surface area contributed by atoms with Gasteiger partial charge in [0.1, 0.15) is 5.60 Å². The number of hydrogen-bond donors (Lipinski definition) is 1. The molecule has 0 aliphatic heterocycles. The molecule has 0 spiro atoms. The van der Waals surface area contributed by atoms with Gasteiger partial charge < -0.3 is 10.1 Å². The van der Waals surface area contributed by atoms with Crippen LogP contribution in [0.2, 0.25) is 0 Å². The number of alkyl carbamates (subject to hydrolysis) is 1. The Balaban J connectivity index is 2.69. The molecule has 14 heavy (non-hydrogen) atoms. The van der Waals surface area contributed by atoms with Crippen LogP contribution in [0.1, 0.15) is 32.1 Å². The maximum absolute atomic E-state index is 11.2. The van der Waals surface area contributed by atoms with E-state index in [9.17, 15) is 4.79 Å². The Labute approximate surface area is 84.8 Å². The Morgan fingerprint density at radius 2 is 2.14 bits per heavy atom. The molecule has 0 radical (unpaired) electrons. The van der Waals surface area contributed by atoms with Crippen molar-refractivity contribution in [3.63, 3.8) is 0 Å². The lowest BCUT2D eigenvalue weighted by molar-refractivity contribution is 0.0215. The van der Waals surface area contributed by atoms with Gasteiger partial charge in [0, 0.05) is 13.1 Å². The van der Waals surface area contributed by atoms with Crippen molar-refractivity contribution in [2.24, 2.45) is 0 Å². The third-order valence-electron chi connectivity index (χ3n) is 2.57. The summed E-state index contributed by atoms with van der Waals surface area (Å²) in [5.41, 5.74) is 2.27. The summed E-state index contributed by atoms with van der Waals surface area (Å²) in [6.07, 6.45) is 6.56. The molecule has 0 bridgehead atoms. The molecule has 1 aliphatic carbocycles. The Kier molecular flexibility index (Phi) is 3.78. The molecule has 0 heterocycles. The average molecular weight is 195 g/mol. The fraction of sp³-hybridized carbons (Fsp3) is 0.636. The number of hydrogen-bond acceptors (Lipinski definition) is 2. The van der Waals surface area contributed by atoms with Crippen LogP contribution in [0.15, 0.2) is 18.4 Å². The van der Waals surface area contributed by atoms with Gasteiger partial charge >= 0.3 is 6.09 Å². The third-order valence-corrected chi connectivity index (χ3v) is 2.57. The van der Waals surface area contributed by atoms with Crippen LogP contribution in [-0.4, -0.2) is 18.7 Å². The quantitative estimate of drug-likeness (QED) is 0.687. The number of amides is 1. The highest BCUT2D eigenvalue weighted by molar-refractivity contribution is 5.67. The molecule has 0 atom stereocenters. The van der Waals surface area contributed by atoms with Crippen LogP contribution in [0.3, 0.4) is 0 Å². The summed E-state index contributed by atoms with van der Waals surface area (Å²) in [6.45, 7) is 3.54. The Hall–Kier alpha value is -1.21. The lowest BCUT2D eigenvalue weighted by Crippen LogP contribution is -2.38. The molecule has 1 fully saturated rings. The van der Waals surface area contributed by atoms with Crippen LogP contribution in [-0.2, 0) is 4.74 Å². The highest BCUT2D eigenvalue weighted by Gasteiger charge is 2.33. The highest BCUT2D eigenvalue weighted by Crippen LogP contribution is 2.32. The standard InChI is InChI=1S/C11H17NO2/c1-3-7-11(14-10(13)12-2)8-5-4-6-9-11/h7H,1,4-6,8-9H2,2H3,(H,12,13). The van der Waals surface area contributed by atoms with Crippen LogP contribution < -0.4 is 5.32 Å². The van der Waals surface area contributed by atoms with Gasteiger partial charge in [-0.15, -0.1) is 5.73 Å². The molecule has 1 saturated carbocycles. The molecule has 1 amide bonds. The summed E-state index contributed by atoms with van der Waals surface area (Å²) in [4.78, 5) is 11.2. The lowest BCUT2D eigenvalue weighted by atomic mass is 9.84. The largest absolute Gasteiger partial charge is 0.438 e. The maximum Gasteiger partial charge on any atom is 0.407 e. The van der Waals surface area contributed by atoms with E-state index in [2.05, 4.69) is 17.6 Å². The molecule has 1 rings (SSSR count). The van der Waals surface area contributed by atoms with Gasteiger partial charge in [-0.2, -0.15) is 0 Å². The molecule has 0 aromatic heterocycles. The van der Waals surface area contributed by atoms with Gasteiger partial charge in [0.05, 0.1) is 0 Å². The third kappa shape index (κ3) is 2.64. The van der Waals surface area contributed by atoms with Crippen LogP contribution in [0.5, 0.6) is 0 Å². The number of carbonyl (C=O) groups is 1. The van der Waals surface area contributed by atoms with E-state index in [1.165, 1.54) is 6.42 Å². The van der Waals surface area contributed by atoms with Crippen LogP contribution in [0, 0.1) is 0 Å². The lowest BCUT2D eigenvalue weighted by Gasteiger charge is -2.33. The molecule has 0 aromatic carbocycles. The first-order chi connectivity index (χ1) is 6.72. The minimum absolute atomic E-state index is 0.376. The summed E-state index contributed by atoms with van der Waals surface area (Å²) in [5.74, 6) is 0. The zero-order valence-corrected chi connectivity index (χ0v) is 8.64. The number of carbonyl (C=O) groups excluding carboxylic acids is 1. The second kappa shape index (κ2) is 4.87. The Morgan fingerprint density at radius 1 is 1.50 bits per heavy atom. The molecular formula is C11H17NO2.